The maximum absolute atomic E-state index is 12.5. The number of alkyl halides is 1. The van der Waals surface area contributed by atoms with E-state index < -0.39 is 25.3 Å². The summed E-state index contributed by atoms with van der Waals surface area (Å²) in [6.07, 6.45) is 0. The third kappa shape index (κ3) is 3.57. The van der Waals surface area contributed by atoms with Gasteiger partial charge in [-0.05, 0) is 19.1 Å². The van der Waals surface area contributed by atoms with Crippen LogP contribution in [0.2, 0.25) is 0 Å². The molecule has 0 bridgehead atoms. The molecule has 0 aliphatic carbocycles. The number of sulfonamides is 2. The molecule has 1 aromatic rings. The van der Waals surface area contributed by atoms with E-state index in [2.05, 4.69) is 0 Å². The summed E-state index contributed by atoms with van der Waals surface area (Å²) in [7, 11) is -7.06. The molecule has 0 unspecified atom stereocenters. The van der Waals surface area contributed by atoms with Gasteiger partial charge >= 0.3 is 0 Å². The number of piperazine rings is 1. The van der Waals surface area contributed by atoms with Crippen molar-refractivity contribution >= 4 is 31.6 Å². The van der Waals surface area contributed by atoms with E-state index >= 15 is 0 Å². The Kier molecular flexibility index (Phi) is 4.94. The number of hydrogen-bond donors (Lipinski definition) is 0. The van der Waals surface area contributed by atoms with Gasteiger partial charge in [-0.25, -0.2) is 16.8 Å². The quantitative estimate of drug-likeness (QED) is 0.752. The fourth-order valence-corrected chi connectivity index (χ4v) is 4.81. The highest BCUT2D eigenvalue weighted by atomic mass is 35.5. The van der Waals surface area contributed by atoms with E-state index in [1.807, 2.05) is 6.92 Å². The van der Waals surface area contributed by atoms with Crippen molar-refractivity contribution in [2.24, 2.45) is 0 Å². The minimum atomic E-state index is -3.58. The van der Waals surface area contributed by atoms with Crippen molar-refractivity contribution < 1.29 is 16.8 Å². The van der Waals surface area contributed by atoms with Gasteiger partial charge in [0.1, 0.15) is 5.21 Å². The van der Waals surface area contributed by atoms with E-state index in [4.69, 9.17) is 11.6 Å². The lowest BCUT2D eigenvalue weighted by atomic mass is 10.2. The van der Waals surface area contributed by atoms with Gasteiger partial charge in [0.2, 0.25) is 20.0 Å². The molecule has 0 saturated carbocycles. The van der Waals surface area contributed by atoms with Crippen LogP contribution < -0.4 is 0 Å². The Hall–Kier alpha value is -0.670. The largest absolute Gasteiger partial charge is 0.243 e. The second-order valence-electron chi connectivity index (χ2n) is 4.84. The average Bonchev–Trinajstić information content (AvgIpc) is 2.48. The van der Waals surface area contributed by atoms with Gasteiger partial charge in [-0.15, -0.1) is 11.6 Å². The van der Waals surface area contributed by atoms with Crippen molar-refractivity contribution in [3.8, 4) is 0 Å². The summed E-state index contributed by atoms with van der Waals surface area (Å²) in [4.78, 5) is 0.224. The lowest BCUT2D eigenvalue weighted by Crippen LogP contribution is -2.50. The molecule has 0 radical (unpaired) electrons. The van der Waals surface area contributed by atoms with E-state index in [1.54, 1.807) is 24.3 Å². The molecular weight excluding hydrogens is 336 g/mol. The molecular formula is C12H17ClN2O4S2. The Bertz CT molecular complexity index is 693. The maximum atomic E-state index is 12.5. The molecule has 0 spiro atoms. The predicted octanol–water partition coefficient (Wildman–Crippen LogP) is 0.827. The van der Waals surface area contributed by atoms with Gasteiger partial charge in [-0.2, -0.15) is 8.61 Å². The summed E-state index contributed by atoms with van der Waals surface area (Å²) in [6, 6.07) is 6.60. The van der Waals surface area contributed by atoms with Crippen LogP contribution in [0.1, 0.15) is 5.56 Å². The van der Waals surface area contributed by atoms with Crippen molar-refractivity contribution in [3.05, 3.63) is 29.8 Å². The van der Waals surface area contributed by atoms with Crippen LogP contribution in [0.15, 0.2) is 29.2 Å². The Balaban J connectivity index is 2.13. The number of aryl methyl sites for hydroxylation is 1. The zero-order chi connectivity index (χ0) is 15.7. The number of benzene rings is 1. The van der Waals surface area contributed by atoms with E-state index in [0.29, 0.717) is 0 Å². The number of hydrogen-bond acceptors (Lipinski definition) is 4. The fraction of sp³-hybridized carbons (Fsp3) is 0.500. The zero-order valence-corrected chi connectivity index (χ0v) is 14.0. The number of halogens is 1. The molecule has 21 heavy (non-hydrogen) atoms. The zero-order valence-electron chi connectivity index (χ0n) is 11.6. The van der Waals surface area contributed by atoms with Crippen LogP contribution in [0, 0.1) is 6.92 Å². The predicted molar refractivity (Wildman–Crippen MR) is 81.2 cm³/mol. The monoisotopic (exact) mass is 352 g/mol. The summed E-state index contributed by atoms with van der Waals surface area (Å²) in [5, 5.41) is -0.488. The molecule has 1 aromatic carbocycles. The molecule has 1 fully saturated rings. The van der Waals surface area contributed by atoms with Gasteiger partial charge < -0.3 is 0 Å². The minimum Gasteiger partial charge on any atom is -0.211 e. The maximum Gasteiger partial charge on any atom is 0.243 e. The van der Waals surface area contributed by atoms with Crippen LogP contribution >= 0.6 is 11.6 Å². The van der Waals surface area contributed by atoms with Crippen molar-refractivity contribution in [1.82, 2.24) is 8.61 Å². The highest BCUT2D eigenvalue weighted by Gasteiger charge is 2.32. The summed E-state index contributed by atoms with van der Waals surface area (Å²) in [5.74, 6) is 0. The Morgan fingerprint density at radius 2 is 1.43 bits per heavy atom. The summed E-state index contributed by atoms with van der Waals surface area (Å²) < 4.78 is 50.7. The van der Waals surface area contributed by atoms with Crippen LogP contribution in [0.5, 0.6) is 0 Å². The lowest BCUT2D eigenvalue weighted by Gasteiger charge is -2.32. The first-order valence-electron chi connectivity index (χ1n) is 6.38. The third-order valence-corrected chi connectivity index (χ3v) is 7.56. The van der Waals surface area contributed by atoms with E-state index in [-0.39, 0.29) is 31.1 Å². The van der Waals surface area contributed by atoms with Gasteiger partial charge in [0.25, 0.3) is 0 Å². The van der Waals surface area contributed by atoms with E-state index in [0.717, 1.165) is 5.56 Å². The van der Waals surface area contributed by atoms with Crippen molar-refractivity contribution in [2.75, 3.05) is 31.4 Å². The fourth-order valence-electron chi connectivity index (χ4n) is 2.12. The van der Waals surface area contributed by atoms with Crippen molar-refractivity contribution in [1.29, 1.82) is 0 Å². The van der Waals surface area contributed by atoms with Crippen LogP contribution in [0.3, 0.4) is 0 Å². The first-order valence-corrected chi connectivity index (χ1v) is 9.96. The van der Waals surface area contributed by atoms with Gasteiger partial charge in [-0.1, -0.05) is 17.7 Å². The molecule has 0 aromatic heterocycles. The minimum absolute atomic E-state index is 0.125. The van der Waals surface area contributed by atoms with E-state index in [9.17, 15) is 16.8 Å². The van der Waals surface area contributed by atoms with Gasteiger partial charge in [0, 0.05) is 26.2 Å². The SMILES string of the molecule is Cc1ccc(S(=O)(=O)N2CCN(S(=O)(=O)CCl)CC2)cc1. The third-order valence-electron chi connectivity index (χ3n) is 3.39. The molecule has 1 heterocycles. The second-order valence-corrected chi connectivity index (χ2v) is 9.33. The highest BCUT2D eigenvalue weighted by molar-refractivity contribution is 7.90. The van der Waals surface area contributed by atoms with Crippen LogP contribution in [0.4, 0.5) is 0 Å². The second kappa shape index (κ2) is 6.21. The normalized spacial score (nSPS) is 18.8. The van der Waals surface area contributed by atoms with Crippen LogP contribution in [-0.2, 0) is 20.0 Å². The molecule has 9 heteroatoms. The van der Waals surface area contributed by atoms with Crippen LogP contribution in [0.25, 0.3) is 0 Å². The number of nitrogens with zero attached hydrogens (tertiary/aromatic N) is 2. The average molecular weight is 353 g/mol. The summed E-state index contributed by atoms with van der Waals surface area (Å²) in [5.41, 5.74) is 0.979. The van der Waals surface area contributed by atoms with Crippen molar-refractivity contribution in [3.63, 3.8) is 0 Å². The summed E-state index contributed by atoms with van der Waals surface area (Å²) >= 11 is 5.40. The van der Waals surface area contributed by atoms with Gasteiger partial charge in [-0.3, -0.25) is 0 Å². The van der Waals surface area contributed by atoms with Gasteiger partial charge in [0.05, 0.1) is 4.90 Å². The summed E-state index contributed by atoms with van der Waals surface area (Å²) in [6.45, 7) is 2.39. The smallest absolute Gasteiger partial charge is 0.211 e. The molecule has 0 N–H and O–H groups in total. The van der Waals surface area contributed by atoms with Crippen molar-refractivity contribution in [2.45, 2.75) is 11.8 Å². The molecule has 0 amide bonds. The van der Waals surface area contributed by atoms with Crippen LogP contribution in [-0.4, -0.2) is 56.8 Å². The lowest BCUT2D eigenvalue weighted by molar-refractivity contribution is 0.273. The molecule has 1 aliphatic heterocycles. The molecule has 118 valence electrons. The molecule has 1 aliphatic rings. The molecule has 2 rings (SSSR count). The molecule has 0 atom stereocenters. The molecule has 1 saturated heterocycles. The first-order chi connectivity index (χ1) is 9.77. The Morgan fingerprint density at radius 3 is 1.90 bits per heavy atom. The highest BCUT2D eigenvalue weighted by Crippen LogP contribution is 2.19. The Labute approximate surface area is 130 Å². The molecule has 6 nitrogen and oxygen atoms in total. The van der Waals surface area contributed by atoms with E-state index in [1.165, 1.54) is 8.61 Å². The van der Waals surface area contributed by atoms with Gasteiger partial charge in [0.15, 0.2) is 0 Å². The Morgan fingerprint density at radius 1 is 0.952 bits per heavy atom. The standard InChI is InChI=1S/C12H17ClN2O4S2/c1-11-2-4-12(5-3-11)21(18,19)15-8-6-14(7-9-15)20(16,17)10-13/h2-5H,6-10H2,1H3. The topological polar surface area (TPSA) is 74.8 Å². The first kappa shape index (κ1) is 16.7. The number of rotatable bonds is 4.